The Kier molecular flexibility index (Phi) is 3.05. The Balaban J connectivity index is 2.60. The highest BCUT2D eigenvalue weighted by atomic mass is 16.5. The number of benzene rings is 1. The zero-order valence-corrected chi connectivity index (χ0v) is 9.17. The smallest absolute Gasteiger partial charge is 0.203 e. The van der Waals surface area contributed by atoms with Gasteiger partial charge in [-0.15, -0.1) is 0 Å². The third-order valence-corrected chi connectivity index (χ3v) is 2.40. The van der Waals surface area contributed by atoms with E-state index in [1.54, 1.807) is 31.4 Å². The van der Waals surface area contributed by atoms with E-state index < -0.39 is 0 Å². The van der Waals surface area contributed by atoms with Gasteiger partial charge >= 0.3 is 0 Å². The molecule has 0 amide bonds. The van der Waals surface area contributed by atoms with Gasteiger partial charge in [0.05, 0.1) is 18.2 Å². The van der Waals surface area contributed by atoms with Crippen molar-refractivity contribution in [2.45, 2.75) is 0 Å². The zero-order chi connectivity index (χ0) is 12.3. The highest BCUT2D eigenvalue weighted by molar-refractivity contribution is 5.77. The van der Waals surface area contributed by atoms with Crippen LogP contribution in [0.3, 0.4) is 0 Å². The first kappa shape index (κ1) is 11.1. The van der Waals surface area contributed by atoms with E-state index in [0.29, 0.717) is 23.2 Å². The molecule has 17 heavy (non-hydrogen) atoms. The molecule has 4 heteroatoms. The Morgan fingerprint density at radius 3 is 2.82 bits per heavy atom. The zero-order valence-electron chi connectivity index (χ0n) is 9.17. The fourth-order valence-corrected chi connectivity index (χ4v) is 1.51. The average molecular weight is 230 g/mol. The molecule has 4 nitrogen and oxygen atoms in total. The van der Waals surface area contributed by atoms with E-state index in [2.05, 4.69) is 0 Å². The summed E-state index contributed by atoms with van der Waals surface area (Å²) in [7, 11) is 1.55. The summed E-state index contributed by atoms with van der Waals surface area (Å²) in [4.78, 5) is 22.5. The van der Waals surface area contributed by atoms with Crippen LogP contribution in [0.2, 0.25) is 0 Å². The molecular formula is C13H10O4. The summed E-state index contributed by atoms with van der Waals surface area (Å²) in [6.07, 6.45) is 2.94. The van der Waals surface area contributed by atoms with Crippen molar-refractivity contribution in [2.75, 3.05) is 7.11 Å². The van der Waals surface area contributed by atoms with E-state index in [9.17, 15) is 9.59 Å². The van der Waals surface area contributed by atoms with Gasteiger partial charge in [0, 0.05) is 0 Å². The molecule has 0 unspecified atom stereocenters. The lowest BCUT2D eigenvalue weighted by Gasteiger charge is -2.03. The number of carbonyl (C=O) groups is 1. The van der Waals surface area contributed by atoms with Crippen molar-refractivity contribution in [3.8, 4) is 16.9 Å². The number of aldehydes is 1. The van der Waals surface area contributed by atoms with Crippen LogP contribution in [-0.2, 0) is 0 Å². The molecule has 86 valence electrons. The minimum absolute atomic E-state index is 0.00493. The van der Waals surface area contributed by atoms with Crippen molar-refractivity contribution in [3.63, 3.8) is 0 Å². The number of methoxy groups -OCH3 is 1. The van der Waals surface area contributed by atoms with Gasteiger partial charge in [-0.05, 0) is 17.7 Å². The monoisotopic (exact) mass is 230 g/mol. The lowest BCUT2D eigenvalue weighted by atomic mass is 10.1. The summed E-state index contributed by atoms with van der Waals surface area (Å²) >= 11 is 0. The van der Waals surface area contributed by atoms with Crippen LogP contribution in [0, 0.1) is 0 Å². The van der Waals surface area contributed by atoms with Crippen LogP contribution < -0.4 is 10.2 Å². The second kappa shape index (κ2) is 4.65. The van der Waals surface area contributed by atoms with Crippen LogP contribution in [0.25, 0.3) is 11.1 Å². The maximum absolute atomic E-state index is 11.9. The van der Waals surface area contributed by atoms with Gasteiger partial charge in [0.1, 0.15) is 18.3 Å². The lowest BCUT2D eigenvalue weighted by molar-refractivity contribution is 0.112. The van der Waals surface area contributed by atoms with Gasteiger partial charge in [0.15, 0.2) is 6.29 Å². The van der Waals surface area contributed by atoms with Crippen molar-refractivity contribution in [3.05, 3.63) is 52.6 Å². The van der Waals surface area contributed by atoms with E-state index >= 15 is 0 Å². The molecule has 1 heterocycles. The van der Waals surface area contributed by atoms with Crippen molar-refractivity contribution in [1.29, 1.82) is 0 Å². The first-order chi connectivity index (χ1) is 8.26. The van der Waals surface area contributed by atoms with Crippen LogP contribution in [-0.4, -0.2) is 13.4 Å². The van der Waals surface area contributed by atoms with E-state index in [0.717, 1.165) is 6.26 Å². The molecule has 0 radical (unpaired) electrons. The standard InChI is InChI=1S/C13H10O4/c1-16-11-4-2-3-9(5-11)12-8-17-7-10(6-14)13(12)15/h2-8H,1H3. The Labute approximate surface area is 97.5 Å². The summed E-state index contributed by atoms with van der Waals surface area (Å²) in [5, 5.41) is 0. The Morgan fingerprint density at radius 2 is 2.12 bits per heavy atom. The number of hydrogen-bond acceptors (Lipinski definition) is 4. The molecule has 0 N–H and O–H groups in total. The van der Waals surface area contributed by atoms with Gasteiger partial charge in [0.25, 0.3) is 0 Å². The average Bonchev–Trinajstić information content (AvgIpc) is 2.39. The summed E-state index contributed by atoms with van der Waals surface area (Å²) in [6, 6.07) is 7.00. The van der Waals surface area contributed by atoms with E-state index in [-0.39, 0.29) is 11.0 Å². The van der Waals surface area contributed by atoms with Crippen molar-refractivity contribution < 1.29 is 13.9 Å². The van der Waals surface area contributed by atoms with Gasteiger partial charge in [-0.1, -0.05) is 12.1 Å². The maximum Gasteiger partial charge on any atom is 0.203 e. The molecule has 0 aliphatic carbocycles. The van der Waals surface area contributed by atoms with Crippen LogP contribution in [0.4, 0.5) is 0 Å². The van der Waals surface area contributed by atoms with Gasteiger partial charge < -0.3 is 9.15 Å². The van der Waals surface area contributed by atoms with E-state index in [1.807, 2.05) is 0 Å². The Hall–Kier alpha value is -2.36. The fourth-order valence-electron chi connectivity index (χ4n) is 1.51. The second-order valence-corrected chi connectivity index (χ2v) is 3.42. The van der Waals surface area contributed by atoms with Gasteiger partial charge in [0.2, 0.25) is 5.43 Å². The molecule has 1 aromatic carbocycles. The SMILES string of the molecule is COc1cccc(-c2cocc(C=O)c2=O)c1. The van der Waals surface area contributed by atoms with Crippen molar-refractivity contribution >= 4 is 6.29 Å². The molecule has 0 atom stereocenters. The third kappa shape index (κ3) is 2.10. The number of carbonyl (C=O) groups excluding carboxylic acids is 1. The quantitative estimate of drug-likeness (QED) is 0.758. The number of rotatable bonds is 3. The van der Waals surface area contributed by atoms with Crippen LogP contribution in [0.1, 0.15) is 10.4 Å². The largest absolute Gasteiger partial charge is 0.497 e. The molecule has 2 aromatic rings. The summed E-state index contributed by atoms with van der Waals surface area (Å²) in [6.45, 7) is 0. The van der Waals surface area contributed by atoms with Crippen LogP contribution in [0.5, 0.6) is 5.75 Å². The number of hydrogen-bond donors (Lipinski definition) is 0. The first-order valence-corrected chi connectivity index (χ1v) is 4.96. The number of ether oxygens (including phenoxy) is 1. The fraction of sp³-hybridized carbons (Fsp3) is 0.0769. The molecule has 0 saturated carbocycles. The summed E-state index contributed by atoms with van der Waals surface area (Å²) in [5.41, 5.74) is 0.653. The summed E-state index contributed by atoms with van der Waals surface area (Å²) in [5.74, 6) is 0.637. The molecule has 2 rings (SSSR count). The molecule has 0 fully saturated rings. The summed E-state index contributed by atoms with van der Waals surface area (Å²) < 4.78 is 10.0. The van der Waals surface area contributed by atoms with E-state index in [1.165, 1.54) is 6.26 Å². The highest BCUT2D eigenvalue weighted by Gasteiger charge is 2.08. The molecule has 1 aromatic heterocycles. The molecule has 0 spiro atoms. The van der Waals surface area contributed by atoms with Crippen molar-refractivity contribution in [2.24, 2.45) is 0 Å². The van der Waals surface area contributed by atoms with Gasteiger partial charge in [-0.3, -0.25) is 9.59 Å². The molecule has 0 aliphatic rings. The maximum atomic E-state index is 11.9. The second-order valence-electron chi connectivity index (χ2n) is 3.42. The third-order valence-electron chi connectivity index (χ3n) is 2.40. The minimum Gasteiger partial charge on any atom is -0.497 e. The minimum atomic E-state index is -0.348. The van der Waals surface area contributed by atoms with E-state index in [4.69, 9.17) is 9.15 Å². The first-order valence-electron chi connectivity index (χ1n) is 4.96. The lowest BCUT2D eigenvalue weighted by Crippen LogP contribution is -2.09. The molecule has 0 saturated heterocycles. The van der Waals surface area contributed by atoms with Crippen LogP contribution >= 0.6 is 0 Å². The van der Waals surface area contributed by atoms with Gasteiger partial charge in [-0.25, -0.2) is 0 Å². The topological polar surface area (TPSA) is 56.5 Å². The molecule has 0 aliphatic heterocycles. The highest BCUT2D eigenvalue weighted by Crippen LogP contribution is 2.21. The van der Waals surface area contributed by atoms with Crippen LogP contribution in [0.15, 0.2) is 46.0 Å². The predicted octanol–water partition coefficient (Wildman–Crippen LogP) is 2.13. The molecular weight excluding hydrogens is 220 g/mol. The van der Waals surface area contributed by atoms with Gasteiger partial charge in [-0.2, -0.15) is 0 Å². The predicted molar refractivity (Wildman–Crippen MR) is 62.4 cm³/mol. The normalized spacial score (nSPS) is 9.94. The molecule has 0 bridgehead atoms. The van der Waals surface area contributed by atoms with Crippen molar-refractivity contribution in [1.82, 2.24) is 0 Å². The Bertz CT molecular complexity index is 598. The Morgan fingerprint density at radius 1 is 1.29 bits per heavy atom.